The summed E-state index contributed by atoms with van der Waals surface area (Å²) in [6.07, 6.45) is 5.23. The van der Waals surface area contributed by atoms with Gasteiger partial charge in [0.15, 0.2) is 0 Å². The summed E-state index contributed by atoms with van der Waals surface area (Å²) in [6, 6.07) is 2.11. The van der Waals surface area contributed by atoms with Crippen molar-refractivity contribution >= 4 is 17.7 Å². The number of nitrogens with zero attached hydrogens (tertiary/aromatic N) is 1. The van der Waals surface area contributed by atoms with Gasteiger partial charge >= 0.3 is 12.0 Å². The molecule has 1 aromatic heterocycles. The maximum atomic E-state index is 11.9. The molecule has 1 aromatic rings. The number of aliphatic hydroxyl groups excluding tert-OH is 1. The molecule has 4 N–H and O–H groups in total. The van der Waals surface area contributed by atoms with Crippen molar-refractivity contribution in [3.05, 3.63) is 24.0 Å². The fourth-order valence-corrected chi connectivity index (χ4v) is 2.39. The lowest BCUT2D eigenvalue weighted by molar-refractivity contribution is 0.0690. The minimum Gasteiger partial charge on any atom is -0.477 e. The smallest absolute Gasteiger partial charge is 0.354 e. The van der Waals surface area contributed by atoms with Gasteiger partial charge in [0.05, 0.1) is 24.0 Å². The van der Waals surface area contributed by atoms with Crippen LogP contribution < -0.4 is 10.6 Å². The zero-order chi connectivity index (χ0) is 15.2. The molecule has 1 heterocycles. The summed E-state index contributed by atoms with van der Waals surface area (Å²) in [4.78, 5) is 26.3. The number of carboxylic acids is 1. The normalized spacial score (nSPS) is 22.1. The summed E-state index contributed by atoms with van der Waals surface area (Å²) >= 11 is 0. The van der Waals surface area contributed by atoms with Crippen LogP contribution in [-0.4, -0.2) is 39.3 Å². The zero-order valence-electron chi connectivity index (χ0n) is 11.6. The van der Waals surface area contributed by atoms with E-state index in [2.05, 4.69) is 15.6 Å². The van der Waals surface area contributed by atoms with Gasteiger partial charge in [-0.25, -0.2) is 14.6 Å². The molecule has 21 heavy (non-hydrogen) atoms. The predicted molar refractivity (Wildman–Crippen MR) is 76.2 cm³/mol. The number of pyridine rings is 1. The maximum absolute atomic E-state index is 11.9. The molecule has 0 radical (unpaired) electrons. The standard InChI is InChI=1S/C14H19N3O4/c18-12-5-3-1-2-4-10(12)17-14(21)16-9-6-7-11(13(19)20)15-8-9/h6-8,10,12,18H,1-5H2,(H,19,20)(H2,16,17,21). The maximum Gasteiger partial charge on any atom is 0.354 e. The van der Waals surface area contributed by atoms with E-state index in [1.165, 1.54) is 18.3 Å². The van der Waals surface area contributed by atoms with Crippen LogP contribution in [-0.2, 0) is 0 Å². The number of hydrogen-bond donors (Lipinski definition) is 4. The number of carbonyl (C=O) groups is 2. The number of aromatic nitrogens is 1. The minimum absolute atomic E-state index is 0.0832. The van der Waals surface area contributed by atoms with Crippen molar-refractivity contribution in [2.75, 3.05) is 5.32 Å². The van der Waals surface area contributed by atoms with Crippen molar-refractivity contribution in [2.24, 2.45) is 0 Å². The average Bonchev–Trinajstić information content (AvgIpc) is 2.65. The van der Waals surface area contributed by atoms with Gasteiger partial charge in [-0.05, 0) is 25.0 Å². The van der Waals surface area contributed by atoms with E-state index >= 15 is 0 Å². The number of rotatable bonds is 3. The number of amides is 2. The molecule has 114 valence electrons. The Bertz CT molecular complexity index is 503. The first-order chi connectivity index (χ1) is 10.1. The van der Waals surface area contributed by atoms with Crippen LogP contribution in [0.25, 0.3) is 0 Å². The van der Waals surface area contributed by atoms with Crippen molar-refractivity contribution in [3.8, 4) is 0 Å². The fraction of sp³-hybridized carbons (Fsp3) is 0.500. The molecule has 0 spiro atoms. The molecule has 7 nitrogen and oxygen atoms in total. The Morgan fingerprint density at radius 2 is 1.95 bits per heavy atom. The van der Waals surface area contributed by atoms with Crippen molar-refractivity contribution in [1.82, 2.24) is 10.3 Å². The van der Waals surface area contributed by atoms with Gasteiger partial charge in [-0.3, -0.25) is 0 Å². The van der Waals surface area contributed by atoms with E-state index < -0.39 is 18.1 Å². The molecule has 0 aliphatic heterocycles. The second-order valence-corrected chi connectivity index (χ2v) is 5.15. The van der Waals surface area contributed by atoms with Gasteiger partial charge in [-0.15, -0.1) is 0 Å². The van der Waals surface area contributed by atoms with Crippen LogP contribution in [0.2, 0.25) is 0 Å². The highest BCUT2D eigenvalue weighted by molar-refractivity contribution is 5.90. The molecule has 0 bridgehead atoms. The number of nitrogens with one attached hydrogen (secondary N) is 2. The molecule has 2 rings (SSSR count). The molecular formula is C14H19N3O4. The first kappa shape index (κ1) is 15.2. The van der Waals surface area contributed by atoms with Crippen LogP contribution in [0.5, 0.6) is 0 Å². The van der Waals surface area contributed by atoms with E-state index in [1.54, 1.807) is 0 Å². The number of carboxylic acid groups (broad SMARTS) is 1. The first-order valence-electron chi connectivity index (χ1n) is 7.01. The van der Waals surface area contributed by atoms with Crippen LogP contribution in [0.3, 0.4) is 0 Å². The highest BCUT2D eigenvalue weighted by atomic mass is 16.4. The second kappa shape index (κ2) is 7.03. The third kappa shape index (κ3) is 4.42. The summed E-state index contributed by atoms with van der Waals surface area (Å²) in [6.45, 7) is 0. The Labute approximate surface area is 122 Å². The van der Waals surface area contributed by atoms with Gasteiger partial charge in [0.2, 0.25) is 0 Å². The zero-order valence-corrected chi connectivity index (χ0v) is 11.6. The topological polar surface area (TPSA) is 112 Å². The SMILES string of the molecule is O=C(Nc1ccc(C(=O)O)nc1)NC1CCCCCC1O. The van der Waals surface area contributed by atoms with Crippen molar-refractivity contribution in [3.63, 3.8) is 0 Å². The van der Waals surface area contributed by atoms with E-state index in [0.717, 1.165) is 25.7 Å². The Morgan fingerprint density at radius 1 is 1.19 bits per heavy atom. The predicted octanol–water partition coefficient (Wildman–Crippen LogP) is 1.59. The summed E-state index contributed by atoms with van der Waals surface area (Å²) in [5.74, 6) is -1.12. The van der Waals surface area contributed by atoms with Crippen LogP contribution in [0.4, 0.5) is 10.5 Å². The molecule has 1 saturated carbocycles. The lowest BCUT2D eigenvalue weighted by Gasteiger charge is -2.21. The van der Waals surface area contributed by atoms with Gasteiger partial charge in [0, 0.05) is 0 Å². The van der Waals surface area contributed by atoms with E-state index in [4.69, 9.17) is 5.11 Å². The summed E-state index contributed by atoms with van der Waals surface area (Å²) in [5.41, 5.74) is 0.320. The lowest BCUT2D eigenvalue weighted by Crippen LogP contribution is -2.44. The number of aliphatic hydroxyl groups is 1. The highest BCUT2D eigenvalue weighted by Gasteiger charge is 2.23. The third-order valence-electron chi connectivity index (χ3n) is 3.54. The van der Waals surface area contributed by atoms with Crippen LogP contribution in [0.1, 0.15) is 42.6 Å². The molecule has 1 aliphatic rings. The Kier molecular flexibility index (Phi) is 5.10. The van der Waals surface area contributed by atoms with E-state index in [1.807, 2.05) is 0 Å². The van der Waals surface area contributed by atoms with Gasteiger partial charge in [0.25, 0.3) is 0 Å². The molecule has 7 heteroatoms. The van der Waals surface area contributed by atoms with Gasteiger partial charge in [-0.1, -0.05) is 19.3 Å². The number of urea groups is 1. The van der Waals surface area contributed by atoms with Crippen molar-refractivity contribution in [1.29, 1.82) is 0 Å². The van der Waals surface area contributed by atoms with Crippen LogP contribution in [0, 0.1) is 0 Å². The molecule has 2 amide bonds. The van der Waals surface area contributed by atoms with Crippen LogP contribution in [0.15, 0.2) is 18.3 Å². The molecule has 1 fully saturated rings. The fourth-order valence-electron chi connectivity index (χ4n) is 2.39. The Hall–Kier alpha value is -2.15. The average molecular weight is 293 g/mol. The number of aromatic carboxylic acids is 1. The minimum atomic E-state index is -1.12. The molecule has 1 aliphatic carbocycles. The van der Waals surface area contributed by atoms with E-state index in [-0.39, 0.29) is 11.7 Å². The lowest BCUT2D eigenvalue weighted by atomic mass is 10.1. The van der Waals surface area contributed by atoms with Crippen molar-refractivity contribution in [2.45, 2.75) is 44.2 Å². The quantitative estimate of drug-likeness (QED) is 0.632. The molecule has 2 unspecified atom stereocenters. The second-order valence-electron chi connectivity index (χ2n) is 5.15. The van der Waals surface area contributed by atoms with Gasteiger partial charge < -0.3 is 20.8 Å². The third-order valence-corrected chi connectivity index (χ3v) is 3.54. The largest absolute Gasteiger partial charge is 0.477 e. The number of anilines is 1. The van der Waals surface area contributed by atoms with Crippen molar-refractivity contribution < 1.29 is 19.8 Å². The van der Waals surface area contributed by atoms with Crippen LogP contribution >= 0.6 is 0 Å². The van der Waals surface area contributed by atoms with E-state index in [9.17, 15) is 14.7 Å². The van der Waals surface area contributed by atoms with E-state index in [0.29, 0.717) is 12.1 Å². The van der Waals surface area contributed by atoms with Gasteiger partial charge in [-0.2, -0.15) is 0 Å². The summed E-state index contributed by atoms with van der Waals surface area (Å²) in [5, 5.41) is 24.0. The Balaban J connectivity index is 1.90. The molecular weight excluding hydrogens is 274 g/mol. The monoisotopic (exact) mass is 293 g/mol. The number of carbonyl (C=O) groups excluding carboxylic acids is 1. The highest BCUT2D eigenvalue weighted by Crippen LogP contribution is 2.18. The first-order valence-corrected chi connectivity index (χ1v) is 7.01. The molecule has 2 atom stereocenters. The summed E-state index contributed by atoms with van der Waals surface area (Å²) in [7, 11) is 0. The molecule has 0 aromatic carbocycles. The Morgan fingerprint density at radius 3 is 2.62 bits per heavy atom. The number of hydrogen-bond acceptors (Lipinski definition) is 4. The van der Waals surface area contributed by atoms with Gasteiger partial charge in [0.1, 0.15) is 5.69 Å². The molecule has 0 saturated heterocycles. The summed E-state index contributed by atoms with van der Waals surface area (Å²) < 4.78 is 0.